The topological polar surface area (TPSA) is 153 Å². The number of thioether (sulfide) groups is 2. The summed E-state index contributed by atoms with van der Waals surface area (Å²) in [5.41, 5.74) is 0. The molecule has 4 N–H and O–H groups in total. The van der Waals surface area contributed by atoms with Crippen LogP contribution in [0.3, 0.4) is 0 Å². The molecule has 2 heterocycles. The SMILES string of the molecule is CN(C)Cc1ccc(CSCCNC(=NC#N)NCCCCCCCCCCCCNC(=NC#N)NCCSCc2ccc(CN(C)C)o2)o1. The molecule has 0 bridgehead atoms. The van der Waals surface area contributed by atoms with E-state index in [1.807, 2.05) is 64.8 Å². The van der Waals surface area contributed by atoms with Crippen LogP contribution in [0.15, 0.2) is 43.1 Å². The Morgan fingerprint density at radius 2 is 0.900 bits per heavy atom. The van der Waals surface area contributed by atoms with Crippen LogP contribution in [0.5, 0.6) is 0 Å². The molecule has 0 radical (unpaired) electrons. The summed E-state index contributed by atoms with van der Waals surface area (Å²) in [6, 6.07) is 8.17. The lowest BCUT2D eigenvalue weighted by Gasteiger charge is -2.11. The van der Waals surface area contributed by atoms with Gasteiger partial charge < -0.3 is 39.9 Å². The molecule has 12 nitrogen and oxygen atoms in total. The normalized spacial score (nSPS) is 11.9. The maximum atomic E-state index is 9.02. The van der Waals surface area contributed by atoms with Crippen LogP contribution in [0.2, 0.25) is 0 Å². The summed E-state index contributed by atoms with van der Waals surface area (Å²) in [7, 11) is 8.12. The van der Waals surface area contributed by atoms with Gasteiger partial charge in [-0.3, -0.25) is 0 Å². The van der Waals surface area contributed by atoms with Crippen LogP contribution >= 0.6 is 23.5 Å². The van der Waals surface area contributed by atoms with Crippen molar-refractivity contribution in [2.75, 3.05) is 65.9 Å². The molecule has 0 aliphatic rings. The molecule has 14 heteroatoms. The Labute approximate surface area is 309 Å². The zero-order valence-corrected chi connectivity index (χ0v) is 32.4. The van der Waals surface area contributed by atoms with Crippen LogP contribution in [-0.4, -0.2) is 87.6 Å². The highest BCUT2D eigenvalue weighted by atomic mass is 32.2. The molecule has 0 saturated carbocycles. The van der Waals surface area contributed by atoms with Gasteiger partial charge in [-0.25, -0.2) is 0 Å². The average molecular weight is 729 g/mol. The third-order valence-corrected chi connectivity index (χ3v) is 9.42. The van der Waals surface area contributed by atoms with E-state index in [0.717, 1.165) is 98.2 Å². The van der Waals surface area contributed by atoms with Gasteiger partial charge in [-0.1, -0.05) is 51.4 Å². The van der Waals surface area contributed by atoms with Crippen molar-refractivity contribution in [3.05, 3.63) is 47.3 Å². The molecule has 0 unspecified atom stereocenters. The van der Waals surface area contributed by atoms with Crippen molar-refractivity contribution in [2.45, 2.75) is 88.8 Å². The third kappa shape index (κ3) is 22.4. The van der Waals surface area contributed by atoms with E-state index in [1.54, 1.807) is 23.5 Å². The number of guanidine groups is 2. The molecule has 0 aromatic carbocycles. The van der Waals surface area contributed by atoms with Crippen molar-refractivity contribution in [1.29, 1.82) is 10.5 Å². The summed E-state index contributed by atoms with van der Waals surface area (Å²) in [5, 5.41) is 31.1. The summed E-state index contributed by atoms with van der Waals surface area (Å²) in [4.78, 5) is 12.0. The first-order valence-electron chi connectivity index (χ1n) is 17.9. The second-order valence-corrected chi connectivity index (χ2v) is 14.9. The molecule has 2 rings (SSSR count). The van der Waals surface area contributed by atoms with Gasteiger partial charge in [0.2, 0.25) is 24.3 Å². The first-order valence-corrected chi connectivity index (χ1v) is 20.2. The molecule has 50 heavy (non-hydrogen) atoms. The van der Waals surface area contributed by atoms with Gasteiger partial charge in [0.05, 0.1) is 24.6 Å². The average Bonchev–Trinajstić information content (AvgIpc) is 3.72. The Morgan fingerprint density at radius 3 is 1.26 bits per heavy atom. The Hall–Kier alpha value is -3.30. The fourth-order valence-corrected chi connectivity index (χ4v) is 6.58. The predicted molar refractivity (Wildman–Crippen MR) is 209 cm³/mol. The van der Waals surface area contributed by atoms with E-state index in [1.165, 1.54) is 51.4 Å². The molecule has 0 spiro atoms. The van der Waals surface area contributed by atoms with Crippen molar-refractivity contribution in [3.63, 3.8) is 0 Å². The highest BCUT2D eigenvalue weighted by molar-refractivity contribution is 7.98. The van der Waals surface area contributed by atoms with Gasteiger partial charge in [0.15, 0.2) is 0 Å². The van der Waals surface area contributed by atoms with Crippen LogP contribution in [0.4, 0.5) is 0 Å². The first kappa shape index (κ1) is 42.9. The minimum Gasteiger partial charge on any atom is -0.464 e. The van der Waals surface area contributed by atoms with Crippen LogP contribution in [0.25, 0.3) is 0 Å². The van der Waals surface area contributed by atoms with Crippen LogP contribution in [0, 0.1) is 22.9 Å². The van der Waals surface area contributed by atoms with E-state index < -0.39 is 0 Å². The van der Waals surface area contributed by atoms with Crippen LogP contribution < -0.4 is 21.3 Å². The smallest absolute Gasteiger partial charge is 0.209 e. The fourth-order valence-electron chi connectivity index (χ4n) is 5.08. The Balaban J connectivity index is 1.37. The Kier molecular flexibility index (Phi) is 24.4. The molecule has 2 aromatic rings. The van der Waals surface area contributed by atoms with E-state index in [0.29, 0.717) is 11.9 Å². The molecule has 0 amide bonds. The summed E-state index contributed by atoms with van der Waals surface area (Å²) in [6.45, 7) is 4.72. The Morgan fingerprint density at radius 1 is 0.560 bits per heavy atom. The number of hydrogen-bond acceptors (Lipinski definition) is 10. The molecular formula is C36H60N10O2S2. The van der Waals surface area contributed by atoms with E-state index in [2.05, 4.69) is 41.1 Å². The van der Waals surface area contributed by atoms with Gasteiger partial charge in [0.25, 0.3) is 0 Å². The van der Waals surface area contributed by atoms with Gasteiger partial charge in [-0.2, -0.15) is 34.0 Å². The number of unbranched alkanes of at least 4 members (excludes halogenated alkanes) is 9. The molecule has 2 aromatic heterocycles. The second kappa shape index (κ2) is 28.4. The van der Waals surface area contributed by atoms with Crippen molar-refractivity contribution in [3.8, 4) is 12.4 Å². The summed E-state index contributed by atoms with van der Waals surface area (Å²) in [5.74, 6) is 8.53. The van der Waals surface area contributed by atoms with Gasteiger partial charge in [0.1, 0.15) is 23.0 Å². The fraction of sp³-hybridized carbons (Fsp3) is 0.667. The monoisotopic (exact) mass is 728 g/mol. The standard InChI is InChI=1S/C36H60N10O2S2/c1-45(2)25-31-15-17-33(47-31)27-49-23-21-41-35(43-29-37)39-19-13-11-9-7-5-6-8-10-12-14-20-40-36(44-30-38)42-22-24-50-28-34-18-16-32(48-34)26-46(3)4/h15-18H,5-14,19-28H2,1-4H3,(H2,39,41,43)(H2,40,42,44). The second-order valence-electron chi connectivity index (χ2n) is 12.7. The lowest BCUT2D eigenvalue weighted by Crippen LogP contribution is -2.38. The maximum Gasteiger partial charge on any atom is 0.209 e. The molecular weight excluding hydrogens is 669 g/mol. The molecule has 0 fully saturated rings. The highest BCUT2D eigenvalue weighted by Crippen LogP contribution is 2.17. The van der Waals surface area contributed by atoms with E-state index in [-0.39, 0.29) is 0 Å². The molecule has 0 saturated heterocycles. The summed E-state index contributed by atoms with van der Waals surface area (Å²) >= 11 is 3.59. The van der Waals surface area contributed by atoms with Gasteiger partial charge in [-0.05, 0) is 65.3 Å². The third-order valence-electron chi connectivity index (χ3n) is 7.46. The lowest BCUT2D eigenvalue weighted by molar-refractivity contribution is 0.344. The van der Waals surface area contributed by atoms with E-state index >= 15 is 0 Å². The minimum absolute atomic E-state index is 0.560. The zero-order valence-electron chi connectivity index (χ0n) is 30.8. The quantitative estimate of drug-likeness (QED) is 0.0364. The number of furan rings is 2. The Bertz CT molecular complexity index is 1200. The number of rotatable bonds is 27. The van der Waals surface area contributed by atoms with Crippen LogP contribution in [-0.2, 0) is 24.6 Å². The van der Waals surface area contributed by atoms with E-state index in [9.17, 15) is 0 Å². The van der Waals surface area contributed by atoms with Crippen molar-refractivity contribution < 1.29 is 8.83 Å². The van der Waals surface area contributed by atoms with Gasteiger partial charge in [-0.15, -0.1) is 9.98 Å². The van der Waals surface area contributed by atoms with Gasteiger partial charge >= 0.3 is 0 Å². The number of hydrogen-bond donors (Lipinski definition) is 4. The zero-order chi connectivity index (χ0) is 36.1. The highest BCUT2D eigenvalue weighted by Gasteiger charge is 2.06. The molecule has 0 aliphatic heterocycles. The largest absolute Gasteiger partial charge is 0.464 e. The predicted octanol–water partition coefficient (Wildman–Crippen LogP) is 6.10. The van der Waals surface area contributed by atoms with Crippen molar-refractivity contribution >= 4 is 35.4 Å². The number of nitrogens with zero attached hydrogens (tertiary/aromatic N) is 6. The number of nitriles is 2. The maximum absolute atomic E-state index is 9.02. The van der Waals surface area contributed by atoms with Crippen LogP contribution in [0.1, 0.15) is 87.2 Å². The van der Waals surface area contributed by atoms with Gasteiger partial charge in [0, 0.05) is 37.7 Å². The lowest BCUT2D eigenvalue weighted by atomic mass is 10.1. The molecule has 0 aliphatic carbocycles. The summed E-state index contributed by atoms with van der Waals surface area (Å²) in [6.07, 6.45) is 15.8. The number of nitrogens with one attached hydrogen (secondary N) is 4. The van der Waals surface area contributed by atoms with Crippen molar-refractivity contribution in [1.82, 2.24) is 31.1 Å². The van der Waals surface area contributed by atoms with E-state index in [4.69, 9.17) is 19.4 Å². The summed E-state index contributed by atoms with van der Waals surface area (Å²) < 4.78 is 11.7. The minimum atomic E-state index is 0.560. The first-order chi connectivity index (χ1) is 24.4. The molecule has 0 atom stereocenters. The number of aliphatic imine (C=N–C) groups is 2. The van der Waals surface area contributed by atoms with Crippen molar-refractivity contribution in [2.24, 2.45) is 9.98 Å². The molecule has 278 valence electrons.